The first kappa shape index (κ1) is 26.1. The molecule has 0 aliphatic rings. The Hall–Kier alpha value is -6.37. The molecule has 0 fully saturated rings. The van der Waals surface area contributed by atoms with E-state index in [9.17, 15) is 0 Å². The molecule has 8 aromatic carbocycles. The molecule has 9 rings (SSSR count). The van der Waals surface area contributed by atoms with Crippen molar-refractivity contribution in [1.29, 1.82) is 0 Å². The molecule has 0 spiro atoms. The van der Waals surface area contributed by atoms with Crippen LogP contribution >= 0.6 is 0 Å². The van der Waals surface area contributed by atoms with Gasteiger partial charge in [-0.05, 0) is 80.8 Å². The lowest BCUT2D eigenvalue weighted by Crippen LogP contribution is -2.11. The summed E-state index contributed by atoms with van der Waals surface area (Å²) in [6.07, 6.45) is 0. The van der Waals surface area contributed by atoms with Crippen molar-refractivity contribution in [2.45, 2.75) is 0 Å². The van der Waals surface area contributed by atoms with Gasteiger partial charge in [-0.3, -0.25) is 0 Å². The predicted molar refractivity (Wildman–Crippen MR) is 194 cm³/mol. The van der Waals surface area contributed by atoms with Gasteiger partial charge in [-0.2, -0.15) is 0 Å². The summed E-state index contributed by atoms with van der Waals surface area (Å²) in [6.45, 7) is 7.81. The molecule has 9 aromatic rings. The first-order valence-electron chi connectivity index (χ1n) is 15.5. The molecule has 0 unspecified atom stereocenters. The molecular weight excluding hydrogens is 558 g/mol. The average Bonchev–Trinajstić information content (AvgIpc) is 3.47. The summed E-state index contributed by atoms with van der Waals surface area (Å²) in [6, 6.07) is 58.0. The van der Waals surface area contributed by atoms with Crippen molar-refractivity contribution in [1.82, 2.24) is 4.57 Å². The van der Waals surface area contributed by atoms with Crippen LogP contribution in [0.3, 0.4) is 0 Å². The minimum Gasteiger partial charge on any atom is -0.310 e. The molecule has 0 saturated heterocycles. The van der Waals surface area contributed by atoms with Crippen LogP contribution in [-0.2, 0) is 0 Å². The van der Waals surface area contributed by atoms with Gasteiger partial charge in [-0.15, -0.1) is 0 Å². The highest BCUT2D eigenvalue weighted by molar-refractivity contribution is 6.18. The van der Waals surface area contributed by atoms with E-state index < -0.39 is 0 Å². The molecular formula is C43H27N3. The molecule has 1 aromatic heterocycles. The number of anilines is 3. The van der Waals surface area contributed by atoms with Gasteiger partial charge >= 0.3 is 0 Å². The van der Waals surface area contributed by atoms with Crippen molar-refractivity contribution < 1.29 is 0 Å². The second-order valence-electron chi connectivity index (χ2n) is 11.7. The van der Waals surface area contributed by atoms with Gasteiger partial charge < -0.3 is 9.47 Å². The minimum atomic E-state index is 0.607. The van der Waals surface area contributed by atoms with E-state index in [2.05, 4.69) is 160 Å². The van der Waals surface area contributed by atoms with E-state index >= 15 is 0 Å². The summed E-state index contributed by atoms with van der Waals surface area (Å²) < 4.78 is 2.37. The Balaban J connectivity index is 1.38. The van der Waals surface area contributed by atoms with Gasteiger partial charge in [0.15, 0.2) is 5.69 Å². The Morgan fingerprint density at radius 2 is 1.11 bits per heavy atom. The van der Waals surface area contributed by atoms with Gasteiger partial charge in [-0.25, -0.2) is 4.85 Å². The summed E-state index contributed by atoms with van der Waals surface area (Å²) in [5.41, 5.74) is 7.01. The molecule has 3 heteroatoms. The number of para-hydroxylation sites is 3. The summed E-state index contributed by atoms with van der Waals surface area (Å²) in [5.74, 6) is 0. The third kappa shape index (κ3) is 3.98. The molecule has 0 saturated carbocycles. The largest absolute Gasteiger partial charge is 0.310 e. The van der Waals surface area contributed by atoms with Crippen LogP contribution in [0.1, 0.15) is 0 Å². The van der Waals surface area contributed by atoms with Crippen molar-refractivity contribution >= 4 is 76.9 Å². The van der Waals surface area contributed by atoms with Crippen LogP contribution in [0.2, 0.25) is 0 Å². The number of aromatic nitrogens is 1. The maximum atomic E-state index is 7.81. The second kappa shape index (κ2) is 10.4. The summed E-state index contributed by atoms with van der Waals surface area (Å²) >= 11 is 0. The molecule has 214 valence electrons. The van der Waals surface area contributed by atoms with Gasteiger partial charge in [0.1, 0.15) is 0 Å². The SMILES string of the molecule is [C-]#[N+]c1cccc(N(c2ccc3ccc4c5ccccc5ccc4c3c2)c2cccc3c4ccccc4n(-c4ccccc4)c23)c1. The van der Waals surface area contributed by atoms with E-state index in [-0.39, 0.29) is 0 Å². The third-order valence-electron chi connectivity index (χ3n) is 9.13. The van der Waals surface area contributed by atoms with Crippen LogP contribution in [-0.4, -0.2) is 4.57 Å². The van der Waals surface area contributed by atoms with E-state index in [1.54, 1.807) is 0 Å². The fourth-order valence-electron chi connectivity index (χ4n) is 7.10. The van der Waals surface area contributed by atoms with Crippen LogP contribution in [0, 0.1) is 6.57 Å². The van der Waals surface area contributed by atoms with Crippen molar-refractivity contribution in [2.75, 3.05) is 4.90 Å². The highest BCUT2D eigenvalue weighted by Crippen LogP contribution is 2.45. The molecule has 0 aliphatic heterocycles. The number of nitrogens with zero attached hydrogens (tertiary/aromatic N) is 3. The number of fused-ring (bicyclic) bond motifs is 8. The molecule has 46 heavy (non-hydrogen) atoms. The maximum Gasteiger partial charge on any atom is 0.189 e. The fourth-order valence-corrected chi connectivity index (χ4v) is 7.10. The molecule has 0 N–H and O–H groups in total. The molecule has 3 nitrogen and oxygen atoms in total. The highest BCUT2D eigenvalue weighted by Gasteiger charge is 2.22. The lowest BCUT2D eigenvalue weighted by Gasteiger charge is -2.28. The molecule has 0 atom stereocenters. The minimum absolute atomic E-state index is 0.607. The van der Waals surface area contributed by atoms with E-state index in [4.69, 9.17) is 6.57 Å². The standard InChI is InChI=1S/C43H27N3/c1-44-31-12-9-15-33(27-31)45(34-24-21-30-23-25-36-35-16-6-5-11-29(35)22-26-37(36)40(30)28-34)42-20-10-18-39-38-17-7-8-19-41(38)46(43(39)42)32-13-3-2-4-14-32/h2-28H. The van der Waals surface area contributed by atoms with E-state index in [0.29, 0.717) is 5.69 Å². The topological polar surface area (TPSA) is 12.5 Å². The Morgan fingerprint density at radius 1 is 0.457 bits per heavy atom. The number of hydrogen-bond donors (Lipinski definition) is 0. The first-order chi connectivity index (χ1) is 22.8. The van der Waals surface area contributed by atoms with Crippen LogP contribution < -0.4 is 4.90 Å². The van der Waals surface area contributed by atoms with Crippen LogP contribution in [0.4, 0.5) is 22.7 Å². The molecule has 0 aliphatic carbocycles. The van der Waals surface area contributed by atoms with Gasteiger partial charge in [0.25, 0.3) is 0 Å². The number of rotatable bonds is 4. The van der Waals surface area contributed by atoms with Gasteiger partial charge in [0.05, 0.1) is 23.3 Å². The Kier molecular flexibility index (Phi) is 5.88. The lowest BCUT2D eigenvalue weighted by molar-refractivity contribution is 1.17. The van der Waals surface area contributed by atoms with Crippen LogP contribution in [0.5, 0.6) is 0 Å². The van der Waals surface area contributed by atoms with Crippen molar-refractivity contribution in [3.63, 3.8) is 0 Å². The van der Waals surface area contributed by atoms with Crippen molar-refractivity contribution in [2.24, 2.45) is 0 Å². The van der Waals surface area contributed by atoms with Crippen LogP contribution in [0.15, 0.2) is 164 Å². The third-order valence-corrected chi connectivity index (χ3v) is 9.13. The second-order valence-corrected chi connectivity index (χ2v) is 11.7. The first-order valence-corrected chi connectivity index (χ1v) is 15.5. The van der Waals surface area contributed by atoms with Crippen molar-refractivity contribution in [3.8, 4) is 5.69 Å². The maximum absolute atomic E-state index is 7.81. The van der Waals surface area contributed by atoms with Crippen LogP contribution in [0.25, 0.3) is 64.7 Å². The predicted octanol–water partition coefficient (Wildman–Crippen LogP) is 12.3. The molecule has 0 amide bonds. The molecule has 1 heterocycles. The summed E-state index contributed by atoms with van der Waals surface area (Å²) in [7, 11) is 0. The monoisotopic (exact) mass is 585 g/mol. The van der Waals surface area contributed by atoms with E-state index in [1.165, 1.54) is 43.1 Å². The van der Waals surface area contributed by atoms with E-state index in [1.807, 2.05) is 18.2 Å². The smallest absolute Gasteiger partial charge is 0.189 e. The molecule has 0 bridgehead atoms. The quantitative estimate of drug-likeness (QED) is 0.148. The fraction of sp³-hybridized carbons (Fsp3) is 0. The average molecular weight is 586 g/mol. The number of hydrogen-bond acceptors (Lipinski definition) is 1. The Bertz CT molecular complexity index is 2660. The van der Waals surface area contributed by atoms with Gasteiger partial charge in [-0.1, -0.05) is 115 Å². The van der Waals surface area contributed by atoms with Gasteiger partial charge in [0, 0.05) is 27.8 Å². The zero-order chi connectivity index (χ0) is 30.6. The number of benzene rings is 8. The van der Waals surface area contributed by atoms with E-state index in [0.717, 1.165) is 33.8 Å². The Labute approximate surface area is 266 Å². The highest BCUT2D eigenvalue weighted by atomic mass is 15.2. The summed E-state index contributed by atoms with van der Waals surface area (Å²) in [4.78, 5) is 6.12. The zero-order valence-corrected chi connectivity index (χ0v) is 24.9. The molecule has 0 radical (unpaired) electrons. The van der Waals surface area contributed by atoms with Gasteiger partial charge in [0.2, 0.25) is 0 Å². The zero-order valence-electron chi connectivity index (χ0n) is 24.9. The Morgan fingerprint density at radius 3 is 1.96 bits per heavy atom. The van der Waals surface area contributed by atoms with Crippen molar-refractivity contribution in [3.05, 3.63) is 175 Å². The normalized spacial score (nSPS) is 11.5. The summed E-state index contributed by atoms with van der Waals surface area (Å²) in [5, 5.41) is 9.74. The lowest BCUT2D eigenvalue weighted by atomic mass is 9.96.